The van der Waals surface area contributed by atoms with Crippen molar-refractivity contribution in [3.8, 4) is 23.5 Å². The zero-order valence-electron chi connectivity index (χ0n) is 19.2. The Balaban J connectivity index is 1.84. The van der Waals surface area contributed by atoms with E-state index in [1.807, 2.05) is 66.2 Å². The number of imidazole rings is 1. The highest BCUT2D eigenvalue weighted by atomic mass is 35.5. The zero-order valence-corrected chi connectivity index (χ0v) is 21.0. The van der Waals surface area contributed by atoms with Crippen LogP contribution in [-0.4, -0.2) is 27.2 Å². The summed E-state index contributed by atoms with van der Waals surface area (Å²) in [5.74, 6) is 2.66. The Morgan fingerprint density at radius 2 is 1.74 bits per heavy atom. The summed E-state index contributed by atoms with van der Waals surface area (Å²) < 4.78 is 3.46. The minimum atomic E-state index is -3.46. The second kappa shape index (κ2) is 8.71. The lowest BCUT2D eigenvalue weighted by Gasteiger charge is -2.27. The molecule has 0 saturated carbocycles. The van der Waals surface area contributed by atoms with Gasteiger partial charge in [0.15, 0.2) is 0 Å². The minimum Gasteiger partial charge on any atom is -0.420 e. The second-order valence-corrected chi connectivity index (χ2v) is 12.0. The molecule has 0 radical (unpaired) electrons. The lowest BCUT2D eigenvalue weighted by molar-refractivity contribution is 0.579. The molecule has 0 aliphatic carbocycles. The molecule has 35 heavy (non-hydrogen) atoms. The Morgan fingerprint density at radius 1 is 1.00 bits per heavy atom. The van der Waals surface area contributed by atoms with E-state index in [0.29, 0.717) is 5.02 Å². The third-order valence-corrected chi connectivity index (χ3v) is 10.2. The van der Waals surface area contributed by atoms with Gasteiger partial charge in [0.1, 0.15) is 0 Å². The highest BCUT2D eigenvalue weighted by molar-refractivity contribution is 7.05. The van der Waals surface area contributed by atoms with Gasteiger partial charge in [-0.1, -0.05) is 47.9 Å². The van der Waals surface area contributed by atoms with Crippen LogP contribution in [0.1, 0.15) is 5.56 Å². The average molecular weight is 496 g/mol. The molecule has 1 N–H and O–H groups in total. The van der Waals surface area contributed by atoms with Crippen LogP contribution in [0.2, 0.25) is 5.02 Å². The van der Waals surface area contributed by atoms with Gasteiger partial charge in [-0.05, 0) is 57.9 Å². The number of pyridine rings is 1. The summed E-state index contributed by atoms with van der Waals surface area (Å²) in [4.78, 5) is 29.5. The largest absolute Gasteiger partial charge is 0.420 e. The lowest BCUT2D eigenvalue weighted by Crippen LogP contribution is -2.69. The fourth-order valence-corrected chi connectivity index (χ4v) is 7.77. The molecule has 5 rings (SSSR count). The molecule has 3 aromatic carbocycles. The van der Waals surface area contributed by atoms with Gasteiger partial charge in [0, 0.05) is 42.3 Å². The maximum absolute atomic E-state index is 12.8. The number of benzene rings is 3. The van der Waals surface area contributed by atoms with Gasteiger partial charge in [0.25, 0.3) is 5.56 Å². The summed E-state index contributed by atoms with van der Waals surface area (Å²) in [6.07, 6.45) is 9.02. The summed E-state index contributed by atoms with van der Waals surface area (Å²) in [5.41, 5.74) is 2.98. The van der Waals surface area contributed by atoms with Crippen molar-refractivity contribution in [2.24, 2.45) is 14.1 Å². The van der Waals surface area contributed by atoms with E-state index in [9.17, 15) is 9.59 Å². The molecule has 0 aliphatic rings. The van der Waals surface area contributed by atoms with Crippen LogP contribution in [0.3, 0.4) is 0 Å². The summed E-state index contributed by atoms with van der Waals surface area (Å²) in [6.45, 7) is 0. The van der Waals surface area contributed by atoms with Crippen LogP contribution < -0.4 is 21.2 Å². The number of fused-ring (bicyclic) bond motifs is 1. The van der Waals surface area contributed by atoms with E-state index in [1.165, 1.54) is 0 Å². The fourth-order valence-electron chi connectivity index (χ4n) is 4.56. The molecular weight excluding hydrogens is 474 g/mol. The number of rotatable bonds is 4. The van der Waals surface area contributed by atoms with Crippen molar-refractivity contribution in [2.45, 2.75) is 0 Å². The molecule has 1 atom stereocenters. The molecule has 0 bridgehead atoms. The van der Waals surface area contributed by atoms with Crippen molar-refractivity contribution in [1.29, 1.82) is 0 Å². The lowest BCUT2D eigenvalue weighted by atomic mass is 9.99. The molecule has 0 saturated heterocycles. The van der Waals surface area contributed by atoms with Crippen molar-refractivity contribution in [1.82, 2.24) is 14.1 Å². The predicted molar refractivity (Wildman–Crippen MR) is 144 cm³/mol. The first-order chi connectivity index (χ1) is 16.8. The maximum atomic E-state index is 12.8. The van der Waals surface area contributed by atoms with Gasteiger partial charge in [-0.15, -0.1) is 6.42 Å². The number of halogens is 1. The van der Waals surface area contributed by atoms with E-state index >= 15 is 0 Å². The van der Waals surface area contributed by atoms with Gasteiger partial charge >= 0.3 is 8.32 Å². The normalized spacial score (nSPS) is 12.9. The fraction of sp³-hybridized carbons (Fsp3) is 0.0714. The molecular formula is C28H22ClN3O2Si. The number of hydrogen-bond acceptors (Lipinski definition) is 3. The van der Waals surface area contributed by atoms with Gasteiger partial charge in [-0.2, -0.15) is 0 Å². The molecule has 0 fully saturated rings. The van der Waals surface area contributed by atoms with Gasteiger partial charge in [-0.3, -0.25) is 4.79 Å². The Hall–Kier alpha value is -3.89. The van der Waals surface area contributed by atoms with E-state index in [1.54, 1.807) is 42.3 Å². The van der Waals surface area contributed by atoms with Crippen LogP contribution >= 0.6 is 11.6 Å². The van der Waals surface area contributed by atoms with E-state index < -0.39 is 8.32 Å². The van der Waals surface area contributed by atoms with Crippen LogP contribution in [0, 0.1) is 12.3 Å². The van der Waals surface area contributed by atoms with Crippen molar-refractivity contribution in [3.63, 3.8) is 0 Å². The third kappa shape index (κ3) is 3.80. The van der Waals surface area contributed by atoms with Crippen LogP contribution in [0.4, 0.5) is 0 Å². The highest BCUT2D eigenvalue weighted by Crippen LogP contribution is 2.27. The minimum absolute atomic E-state index is 0.122. The first-order valence-electron chi connectivity index (χ1n) is 11.0. The van der Waals surface area contributed by atoms with Gasteiger partial charge < -0.3 is 13.9 Å². The Bertz CT molecular complexity index is 1680. The van der Waals surface area contributed by atoms with Gasteiger partial charge in [-0.25, -0.2) is 4.98 Å². The van der Waals surface area contributed by atoms with Gasteiger partial charge in [0.2, 0.25) is 0 Å². The second-order valence-electron chi connectivity index (χ2n) is 8.52. The van der Waals surface area contributed by atoms with Crippen molar-refractivity contribution < 1.29 is 4.80 Å². The van der Waals surface area contributed by atoms with Crippen molar-refractivity contribution in [3.05, 3.63) is 106 Å². The topological polar surface area (TPSA) is 60.1 Å². The van der Waals surface area contributed by atoms with Crippen molar-refractivity contribution >= 4 is 46.5 Å². The van der Waals surface area contributed by atoms with Crippen LogP contribution in [-0.2, 0) is 14.1 Å². The number of hydrogen-bond donors (Lipinski definition) is 1. The molecule has 0 aliphatic heterocycles. The van der Waals surface area contributed by atoms with Gasteiger partial charge in [0.05, 0.1) is 17.2 Å². The van der Waals surface area contributed by atoms with E-state index in [2.05, 4.69) is 10.9 Å². The monoisotopic (exact) mass is 495 g/mol. The number of terminal acetylenes is 1. The Morgan fingerprint density at radius 3 is 2.43 bits per heavy atom. The molecule has 0 unspecified atom stereocenters. The van der Waals surface area contributed by atoms with E-state index in [0.717, 1.165) is 43.3 Å². The van der Waals surface area contributed by atoms with Crippen LogP contribution in [0.15, 0.2) is 90.1 Å². The zero-order chi connectivity index (χ0) is 24.7. The SMILES string of the molecule is C#Cc1cccc(-c2cc(=O)n(C)c3ccc([Si@](O)(c4ccc(Cl)cc4)c4cncn4C)cc23)c1. The van der Waals surface area contributed by atoms with Crippen LogP contribution in [0.5, 0.6) is 0 Å². The Labute approximate surface area is 209 Å². The molecule has 5 aromatic rings. The number of aromatic nitrogens is 3. The molecule has 0 spiro atoms. The maximum Gasteiger partial charge on any atom is 0.303 e. The number of nitrogens with zero attached hydrogens (tertiary/aromatic N) is 3. The summed E-state index contributed by atoms with van der Waals surface area (Å²) in [5, 5.41) is 3.73. The summed E-state index contributed by atoms with van der Waals surface area (Å²) in [6, 6.07) is 22.3. The van der Waals surface area contributed by atoms with E-state index in [4.69, 9.17) is 18.0 Å². The van der Waals surface area contributed by atoms with Crippen molar-refractivity contribution in [2.75, 3.05) is 0 Å². The molecule has 7 heteroatoms. The first kappa shape index (κ1) is 22.9. The molecule has 172 valence electrons. The highest BCUT2D eigenvalue weighted by Gasteiger charge is 2.41. The van der Waals surface area contributed by atoms with Crippen LogP contribution in [0.25, 0.3) is 22.0 Å². The molecule has 2 heterocycles. The summed E-state index contributed by atoms with van der Waals surface area (Å²) in [7, 11) is 0.158. The number of aryl methyl sites for hydroxylation is 2. The molecule has 2 aromatic heterocycles. The first-order valence-corrected chi connectivity index (χ1v) is 13.3. The third-order valence-electron chi connectivity index (χ3n) is 6.45. The predicted octanol–water partition coefficient (Wildman–Crippen LogP) is 2.53. The molecule has 5 nitrogen and oxygen atoms in total. The summed E-state index contributed by atoms with van der Waals surface area (Å²) >= 11 is 6.16. The quantitative estimate of drug-likeness (QED) is 0.308. The van der Waals surface area contributed by atoms with E-state index in [-0.39, 0.29) is 5.56 Å². The Kier molecular flexibility index (Phi) is 5.69. The smallest absolute Gasteiger partial charge is 0.303 e. The standard InChI is InChI=1S/C28H22ClN3O2Si/c1-4-19-6-5-7-20(14-19)24-16-27(33)32(3)26-13-12-23(15-25(24)26)35(34,28-17-30-18-31(28)2)22-10-8-21(29)9-11-22/h1,5-18,34H,2-3H3/t35-/m1/s1. The average Bonchev–Trinajstić information content (AvgIpc) is 3.32. The molecule has 0 amide bonds.